The van der Waals surface area contributed by atoms with Crippen LogP contribution in [0.1, 0.15) is 32.6 Å². The van der Waals surface area contributed by atoms with Crippen LogP contribution in [0, 0.1) is 11.8 Å². The van der Waals surface area contributed by atoms with Crippen molar-refractivity contribution in [2.45, 2.75) is 32.6 Å². The number of hydrogen-bond donors (Lipinski definition) is 0. The van der Waals surface area contributed by atoms with Crippen LogP contribution in [-0.2, 0) is 14.3 Å². The van der Waals surface area contributed by atoms with Crippen LogP contribution in [0.4, 0.5) is 0 Å². The molecule has 2 atom stereocenters. The van der Waals surface area contributed by atoms with Gasteiger partial charge in [0, 0.05) is 19.6 Å². The van der Waals surface area contributed by atoms with Gasteiger partial charge >= 0.3 is 5.97 Å². The Bertz CT molecular complexity index is 359. The smallest absolute Gasteiger partial charge is 0.309 e. The minimum absolute atomic E-state index is 0.0678. The van der Waals surface area contributed by atoms with E-state index in [4.69, 9.17) is 4.74 Å². The summed E-state index contributed by atoms with van der Waals surface area (Å²) >= 11 is 0. The molecule has 0 aromatic carbocycles. The average Bonchev–Trinajstić information content (AvgIpc) is 2.46. The molecule has 2 aliphatic heterocycles. The summed E-state index contributed by atoms with van der Waals surface area (Å²) in [5, 5.41) is 0. The van der Waals surface area contributed by atoms with Crippen LogP contribution in [0.5, 0.6) is 0 Å². The molecular weight excluding hydrogens is 256 g/mol. The zero-order chi connectivity index (χ0) is 14.5. The van der Waals surface area contributed by atoms with Gasteiger partial charge < -0.3 is 9.64 Å². The van der Waals surface area contributed by atoms with Crippen LogP contribution < -0.4 is 0 Å². The van der Waals surface area contributed by atoms with E-state index in [1.165, 1.54) is 13.5 Å². The third-order valence-corrected chi connectivity index (χ3v) is 4.41. The van der Waals surface area contributed by atoms with E-state index in [2.05, 4.69) is 11.8 Å². The van der Waals surface area contributed by atoms with Gasteiger partial charge in [0.05, 0.1) is 19.6 Å². The number of nitrogens with zero attached hydrogens (tertiary/aromatic N) is 2. The fraction of sp³-hybridized carbons (Fsp3) is 0.867. The van der Waals surface area contributed by atoms with Gasteiger partial charge in [0.2, 0.25) is 5.91 Å². The predicted octanol–water partition coefficient (Wildman–Crippen LogP) is 1.13. The van der Waals surface area contributed by atoms with Gasteiger partial charge in [-0.3, -0.25) is 14.5 Å². The van der Waals surface area contributed by atoms with E-state index in [0.717, 1.165) is 38.9 Å². The third-order valence-electron chi connectivity index (χ3n) is 4.41. The first-order valence-electron chi connectivity index (χ1n) is 7.68. The molecule has 2 aliphatic rings. The topological polar surface area (TPSA) is 49.9 Å². The van der Waals surface area contributed by atoms with Crippen molar-refractivity contribution in [2.24, 2.45) is 11.8 Å². The van der Waals surface area contributed by atoms with Crippen molar-refractivity contribution in [2.75, 3.05) is 39.8 Å². The molecule has 0 aromatic heterocycles. The summed E-state index contributed by atoms with van der Waals surface area (Å²) in [5.74, 6) is 0.606. The number of carbonyl (C=O) groups is 2. The number of amides is 1. The van der Waals surface area contributed by atoms with Crippen molar-refractivity contribution < 1.29 is 14.3 Å². The summed E-state index contributed by atoms with van der Waals surface area (Å²) in [4.78, 5) is 28.0. The molecular formula is C15H26N2O3. The van der Waals surface area contributed by atoms with Gasteiger partial charge in [-0.25, -0.2) is 0 Å². The Balaban J connectivity index is 1.82. The molecule has 2 fully saturated rings. The fourth-order valence-corrected chi connectivity index (χ4v) is 3.27. The van der Waals surface area contributed by atoms with Crippen molar-refractivity contribution in [3.05, 3.63) is 0 Å². The summed E-state index contributed by atoms with van der Waals surface area (Å²) in [5.41, 5.74) is 0. The number of carbonyl (C=O) groups excluding carboxylic acids is 2. The lowest BCUT2D eigenvalue weighted by molar-refractivity contribution is -0.148. The van der Waals surface area contributed by atoms with Gasteiger partial charge in [-0.1, -0.05) is 6.92 Å². The molecule has 5 nitrogen and oxygen atoms in total. The lowest BCUT2D eigenvalue weighted by Crippen LogP contribution is -2.48. The molecule has 0 N–H and O–H groups in total. The van der Waals surface area contributed by atoms with Crippen LogP contribution >= 0.6 is 0 Å². The quantitative estimate of drug-likeness (QED) is 0.728. The number of hydrogen-bond acceptors (Lipinski definition) is 4. The van der Waals surface area contributed by atoms with Gasteiger partial charge in [-0.15, -0.1) is 0 Å². The number of rotatable bonds is 3. The van der Waals surface area contributed by atoms with Crippen molar-refractivity contribution in [3.8, 4) is 0 Å². The Morgan fingerprint density at radius 1 is 1.15 bits per heavy atom. The summed E-state index contributed by atoms with van der Waals surface area (Å²) in [6, 6.07) is 0. The molecule has 0 radical (unpaired) electrons. The van der Waals surface area contributed by atoms with E-state index in [1.807, 2.05) is 4.90 Å². The normalized spacial score (nSPS) is 28.2. The van der Waals surface area contributed by atoms with Crippen molar-refractivity contribution in [1.29, 1.82) is 0 Å². The van der Waals surface area contributed by atoms with Crippen LogP contribution in [0.2, 0.25) is 0 Å². The van der Waals surface area contributed by atoms with E-state index in [0.29, 0.717) is 19.0 Å². The molecule has 0 spiro atoms. The Hall–Kier alpha value is -1.10. The number of likely N-dealkylation sites (tertiary alicyclic amines) is 2. The molecule has 20 heavy (non-hydrogen) atoms. The lowest BCUT2D eigenvalue weighted by Gasteiger charge is -2.35. The van der Waals surface area contributed by atoms with Crippen LogP contribution in [-0.4, -0.2) is 61.5 Å². The number of piperidine rings is 2. The van der Waals surface area contributed by atoms with Crippen molar-refractivity contribution in [1.82, 2.24) is 9.80 Å². The predicted molar refractivity (Wildman–Crippen MR) is 76.2 cm³/mol. The van der Waals surface area contributed by atoms with E-state index < -0.39 is 0 Å². The summed E-state index contributed by atoms with van der Waals surface area (Å²) < 4.78 is 4.81. The highest BCUT2D eigenvalue weighted by molar-refractivity contribution is 5.78. The molecule has 0 saturated carbocycles. The van der Waals surface area contributed by atoms with E-state index >= 15 is 0 Å². The number of methoxy groups -OCH3 is 1. The zero-order valence-corrected chi connectivity index (χ0v) is 12.6. The van der Waals surface area contributed by atoms with Crippen molar-refractivity contribution >= 4 is 11.9 Å². The molecule has 5 heteroatoms. The molecule has 0 aliphatic carbocycles. The minimum atomic E-state index is -0.145. The molecule has 0 bridgehead atoms. The SMILES string of the molecule is COC(=O)[C@H]1CCCN(CC(=O)N2CCCC(C)C2)C1. The second-order valence-corrected chi connectivity index (χ2v) is 6.18. The number of ether oxygens (including phenoxy) is 1. The highest BCUT2D eigenvalue weighted by atomic mass is 16.5. The maximum Gasteiger partial charge on any atom is 0.309 e. The molecule has 114 valence electrons. The lowest BCUT2D eigenvalue weighted by atomic mass is 9.98. The minimum Gasteiger partial charge on any atom is -0.469 e. The Morgan fingerprint density at radius 2 is 1.90 bits per heavy atom. The van der Waals surface area contributed by atoms with Gasteiger partial charge in [0.15, 0.2) is 0 Å². The highest BCUT2D eigenvalue weighted by Crippen LogP contribution is 2.19. The molecule has 0 aromatic rings. The first kappa shape index (κ1) is 15.3. The van der Waals surface area contributed by atoms with Crippen molar-refractivity contribution in [3.63, 3.8) is 0 Å². The van der Waals surface area contributed by atoms with Gasteiger partial charge in [0.1, 0.15) is 0 Å². The largest absolute Gasteiger partial charge is 0.469 e. The second-order valence-electron chi connectivity index (χ2n) is 6.18. The Labute approximate surface area is 121 Å². The molecule has 2 saturated heterocycles. The standard InChI is InChI=1S/C15H26N2O3/c1-12-5-3-8-17(9-12)14(18)11-16-7-4-6-13(10-16)15(19)20-2/h12-13H,3-11H2,1-2H3/t12?,13-/m0/s1. The van der Waals surface area contributed by atoms with Crippen LogP contribution in [0.25, 0.3) is 0 Å². The second kappa shape index (κ2) is 7.07. The Kier molecular flexibility index (Phi) is 5.40. The summed E-state index contributed by atoms with van der Waals surface area (Å²) in [7, 11) is 1.43. The Morgan fingerprint density at radius 3 is 2.60 bits per heavy atom. The van der Waals surface area contributed by atoms with Crippen LogP contribution in [0.3, 0.4) is 0 Å². The monoisotopic (exact) mass is 282 g/mol. The fourth-order valence-electron chi connectivity index (χ4n) is 3.27. The van der Waals surface area contributed by atoms with Gasteiger partial charge in [-0.2, -0.15) is 0 Å². The maximum atomic E-state index is 12.3. The van der Waals surface area contributed by atoms with E-state index in [1.54, 1.807) is 0 Å². The highest BCUT2D eigenvalue weighted by Gasteiger charge is 2.29. The molecule has 2 rings (SSSR count). The van der Waals surface area contributed by atoms with Crippen LogP contribution in [0.15, 0.2) is 0 Å². The maximum absolute atomic E-state index is 12.3. The molecule has 2 heterocycles. The first-order valence-corrected chi connectivity index (χ1v) is 7.68. The van der Waals surface area contributed by atoms with E-state index in [9.17, 15) is 9.59 Å². The zero-order valence-electron chi connectivity index (χ0n) is 12.6. The summed E-state index contributed by atoms with van der Waals surface area (Å²) in [6.45, 7) is 5.98. The van der Waals surface area contributed by atoms with E-state index in [-0.39, 0.29) is 17.8 Å². The van der Waals surface area contributed by atoms with Gasteiger partial charge in [0.25, 0.3) is 0 Å². The summed E-state index contributed by atoms with van der Waals surface area (Å²) in [6.07, 6.45) is 4.16. The molecule has 1 amide bonds. The molecule has 1 unspecified atom stereocenters. The third kappa shape index (κ3) is 3.95. The van der Waals surface area contributed by atoms with Gasteiger partial charge in [-0.05, 0) is 38.1 Å². The number of esters is 1. The average molecular weight is 282 g/mol. The first-order chi connectivity index (χ1) is 9.60.